The summed E-state index contributed by atoms with van der Waals surface area (Å²) in [7, 11) is 0. The normalized spacial score (nSPS) is 42.3. The zero-order chi connectivity index (χ0) is 21.7. The fourth-order valence-corrected chi connectivity index (χ4v) is 8.03. The molecule has 0 amide bonds. The molecule has 0 saturated heterocycles. The van der Waals surface area contributed by atoms with E-state index in [2.05, 4.69) is 32.9 Å². The fourth-order valence-electron chi connectivity index (χ4n) is 8.03. The van der Waals surface area contributed by atoms with E-state index in [0.717, 1.165) is 44.4 Å². The van der Waals surface area contributed by atoms with Crippen molar-refractivity contribution >= 4 is 5.97 Å². The molecule has 0 aromatic rings. The van der Waals surface area contributed by atoms with E-state index in [1.807, 2.05) is 6.92 Å². The van der Waals surface area contributed by atoms with Gasteiger partial charge in [-0.2, -0.15) is 0 Å². The molecule has 3 saturated carbocycles. The van der Waals surface area contributed by atoms with E-state index >= 15 is 0 Å². The number of hydrogen-bond donors (Lipinski definition) is 2. The van der Waals surface area contributed by atoms with Gasteiger partial charge in [-0.15, -0.1) is 0 Å². The Balaban J connectivity index is 1.47. The molecule has 3 heteroatoms. The van der Waals surface area contributed by atoms with Gasteiger partial charge in [0.05, 0.1) is 12.0 Å². The third-order valence-electron chi connectivity index (χ3n) is 10.0. The minimum Gasteiger partial charge on any atom is -0.481 e. The van der Waals surface area contributed by atoms with Gasteiger partial charge in [0.1, 0.15) is 0 Å². The highest BCUT2D eigenvalue weighted by molar-refractivity contribution is 5.69. The number of aliphatic carboxylic acids is 1. The second-order valence-electron chi connectivity index (χ2n) is 11.7. The number of allylic oxidation sites excluding steroid dienone is 3. The van der Waals surface area contributed by atoms with Crippen molar-refractivity contribution < 1.29 is 15.0 Å². The third kappa shape index (κ3) is 3.59. The SMILES string of the molecule is CC(CCCC(C)[C@H]1CC[C@H]2C3=CC=C4C[C@@H](O)CC[C@]4(C)[C@H]3CC[C@]12C)C(=O)O. The van der Waals surface area contributed by atoms with Crippen molar-refractivity contribution in [3.8, 4) is 0 Å². The molecular weight excluding hydrogens is 372 g/mol. The summed E-state index contributed by atoms with van der Waals surface area (Å²) in [5, 5.41) is 19.3. The lowest BCUT2D eigenvalue weighted by Crippen LogP contribution is -2.46. The van der Waals surface area contributed by atoms with E-state index in [0.29, 0.717) is 23.2 Å². The lowest BCUT2D eigenvalue weighted by molar-refractivity contribution is -0.141. The summed E-state index contributed by atoms with van der Waals surface area (Å²) >= 11 is 0. The van der Waals surface area contributed by atoms with Crippen LogP contribution in [0.5, 0.6) is 0 Å². The van der Waals surface area contributed by atoms with E-state index in [-0.39, 0.29) is 17.4 Å². The van der Waals surface area contributed by atoms with Gasteiger partial charge < -0.3 is 10.2 Å². The second kappa shape index (κ2) is 8.11. The molecule has 168 valence electrons. The van der Waals surface area contributed by atoms with Crippen molar-refractivity contribution in [2.45, 2.75) is 98.0 Å². The van der Waals surface area contributed by atoms with E-state index in [1.54, 1.807) is 5.57 Å². The first-order valence-corrected chi connectivity index (χ1v) is 12.5. The molecule has 2 unspecified atom stereocenters. The van der Waals surface area contributed by atoms with E-state index in [9.17, 15) is 9.90 Å². The number of fused-ring (bicyclic) bond motifs is 5. The van der Waals surface area contributed by atoms with Crippen LogP contribution in [0.2, 0.25) is 0 Å². The zero-order valence-corrected chi connectivity index (χ0v) is 19.5. The van der Waals surface area contributed by atoms with Crippen molar-refractivity contribution in [3.63, 3.8) is 0 Å². The standard InChI is InChI=1S/C27H42O3/c1-17(6-5-7-18(2)25(29)30)22-10-11-23-21-9-8-19-16-20(28)12-14-26(19,3)24(21)13-15-27(22,23)4/h8-9,17-18,20,22-24,28H,5-7,10-16H2,1-4H3,(H,29,30)/t17?,18?,20-,22+,23-,24-,26-,27+/m0/s1. The summed E-state index contributed by atoms with van der Waals surface area (Å²) < 4.78 is 0. The van der Waals surface area contributed by atoms with Gasteiger partial charge in [0, 0.05) is 0 Å². The highest BCUT2D eigenvalue weighted by Crippen LogP contribution is 2.66. The Labute approximate surface area is 183 Å². The molecule has 4 aliphatic carbocycles. The predicted molar refractivity (Wildman–Crippen MR) is 121 cm³/mol. The number of carbonyl (C=O) groups is 1. The Morgan fingerprint density at radius 3 is 2.57 bits per heavy atom. The van der Waals surface area contributed by atoms with Gasteiger partial charge >= 0.3 is 5.97 Å². The Morgan fingerprint density at radius 2 is 1.83 bits per heavy atom. The molecule has 3 fully saturated rings. The molecule has 2 N–H and O–H groups in total. The molecule has 0 aliphatic heterocycles. The van der Waals surface area contributed by atoms with E-state index in [4.69, 9.17) is 5.11 Å². The molecule has 0 aromatic carbocycles. The van der Waals surface area contributed by atoms with E-state index in [1.165, 1.54) is 31.3 Å². The van der Waals surface area contributed by atoms with Crippen LogP contribution in [0.4, 0.5) is 0 Å². The van der Waals surface area contributed by atoms with Crippen LogP contribution in [0.15, 0.2) is 23.3 Å². The van der Waals surface area contributed by atoms with Gasteiger partial charge in [0.15, 0.2) is 0 Å². The largest absolute Gasteiger partial charge is 0.481 e. The molecule has 0 radical (unpaired) electrons. The minimum absolute atomic E-state index is 0.145. The molecule has 0 heterocycles. The topological polar surface area (TPSA) is 57.5 Å². The molecular formula is C27H42O3. The number of aliphatic hydroxyl groups excluding tert-OH is 1. The van der Waals surface area contributed by atoms with Crippen LogP contribution in [0, 0.1) is 40.4 Å². The van der Waals surface area contributed by atoms with Gasteiger partial charge in [0.25, 0.3) is 0 Å². The Hall–Kier alpha value is -1.09. The van der Waals surface area contributed by atoms with Crippen LogP contribution < -0.4 is 0 Å². The summed E-state index contributed by atoms with van der Waals surface area (Å²) in [6.07, 6.45) is 15.9. The van der Waals surface area contributed by atoms with Crippen molar-refractivity contribution in [2.24, 2.45) is 40.4 Å². The average Bonchev–Trinajstić information content (AvgIpc) is 3.05. The van der Waals surface area contributed by atoms with Crippen molar-refractivity contribution in [3.05, 3.63) is 23.3 Å². The molecule has 4 rings (SSSR count). The van der Waals surface area contributed by atoms with Crippen LogP contribution in [0.25, 0.3) is 0 Å². The van der Waals surface area contributed by atoms with Gasteiger partial charge in [-0.05, 0) is 85.9 Å². The Bertz CT molecular complexity index is 736. The van der Waals surface area contributed by atoms with Gasteiger partial charge in [-0.1, -0.05) is 63.8 Å². The summed E-state index contributed by atoms with van der Waals surface area (Å²) in [6.45, 7) is 9.30. The molecule has 4 aliphatic rings. The molecule has 3 nitrogen and oxygen atoms in total. The summed E-state index contributed by atoms with van der Waals surface area (Å²) in [6, 6.07) is 0. The first-order valence-electron chi connectivity index (χ1n) is 12.5. The van der Waals surface area contributed by atoms with Crippen molar-refractivity contribution in [2.75, 3.05) is 0 Å². The smallest absolute Gasteiger partial charge is 0.306 e. The van der Waals surface area contributed by atoms with Crippen LogP contribution >= 0.6 is 0 Å². The highest BCUT2D eigenvalue weighted by Gasteiger charge is 2.56. The molecule has 0 aromatic heterocycles. The lowest BCUT2D eigenvalue weighted by atomic mass is 9.50. The quantitative estimate of drug-likeness (QED) is 0.530. The number of aliphatic hydroxyl groups is 1. The Kier molecular flexibility index (Phi) is 5.98. The maximum atomic E-state index is 11.1. The summed E-state index contributed by atoms with van der Waals surface area (Å²) in [5.74, 6) is 1.94. The molecule has 0 bridgehead atoms. The van der Waals surface area contributed by atoms with Gasteiger partial charge in [-0.25, -0.2) is 0 Å². The fraction of sp³-hybridized carbons (Fsp3) is 0.815. The van der Waals surface area contributed by atoms with Gasteiger partial charge in [0.2, 0.25) is 0 Å². The van der Waals surface area contributed by atoms with Crippen LogP contribution in [-0.4, -0.2) is 22.3 Å². The lowest BCUT2D eigenvalue weighted by Gasteiger charge is -2.55. The minimum atomic E-state index is -0.658. The molecule has 0 spiro atoms. The van der Waals surface area contributed by atoms with Crippen LogP contribution in [0.1, 0.15) is 91.9 Å². The average molecular weight is 415 g/mol. The van der Waals surface area contributed by atoms with Gasteiger partial charge in [-0.3, -0.25) is 4.79 Å². The molecule has 8 atom stereocenters. The zero-order valence-electron chi connectivity index (χ0n) is 19.5. The summed E-state index contributed by atoms with van der Waals surface area (Å²) in [4.78, 5) is 11.1. The van der Waals surface area contributed by atoms with Crippen LogP contribution in [-0.2, 0) is 4.79 Å². The maximum absolute atomic E-state index is 11.1. The predicted octanol–water partition coefficient (Wildman–Crippen LogP) is 6.37. The van der Waals surface area contributed by atoms with Crippen molar-refractivity contribution in [1.29, 1.82) is 0 Å². The number of carboxylic acid groups (broad SMARTS) is 1. The number of hydrogen-bond acceptors (Lipinski definition) is 2. The monoisotopic (exact) mass is 414 g/mol. The third-order valence-corrected chi connectivity index (χ3v) is 10.0. The highest BCUT2D eigenvalue weighted by atomic mass is 16.4. The molecule has 30 heavy (non-hydrogen) atoms. The van der Waals surface area contributed by atoms with Crippen LogP contribution in [0.3, 0.4) is 0 Å². The first kappa shape index (κ1) is 22.1. The van der Waals surface area contributed by atoms with E-state index < -0.39 is 5.97 Å². The summed E-state index contributed by atoms with van der Waals surface area (Å²) in [5.41, 5.74) is 3.88. The second-order valence-corrected chi connectivity index (χ2v) is 11.7. The van der Waals surface area contributed by atoms with Crippen molar-refractivity contribution in [1.82, 2.24) is 0 Å². The number of carboxylic acids is 1. The Morgan fingerprint density at radius 1 is 1.07 bits per heavy atom. The number of rotatable bonds is 6. The maximum Gasteiger partial charge on any atom is 0.306 e. The first-order chi connectivity index (χ1) is 14.2.